The van der Waals surface area contributed by atoms with E-state index in [9.17, 15) is 4.79 Å². The van der Waals surface area contributed by atoms with Crippen molar-refractivity contribution in [2.75, 3.05) is 12.9 Å². The highest BCUT2D eigenvalue weighted by Gasteiger charge is 2.33. The normalized spacial score (nSPS) is 14.5. The summed E-state index contributed by atoms with van der Waals surface area (Å²) >= 11 is 1.24. The van der Waals surface area contributed by atoms with Crippen molar-refractivity contribution < 1.29 is 13.9 Å². The Hall–Kier alpha value is -2.80. The third-order valence-corrected chi connectivity index (χ3v) is 5.46. The van der Waals surface area contributed by atoms with Crippen LogP contribution in [0.4, 0.5) is 0 Å². The molecule has 1 unspecified atom stereocenters. The molecule has 1 heterocycles. The molecule has 28 heavy (non-hydrogen) atoms. The van der Waals surface area contributed by atoms with Crippen molar-refractivity contribution in [1.82, 2.24) is 15.5 Å². The molecule has 1 aliphatic rings. The van der Waals surface area contributed by atoms with Crippen molar-refractivity contribution in [3.63, 3.8) is 0 Å². The van der Waals surface area contributed by atoms with Crippen LogP contribution in [-0.2, 0) is 4.79 Å². The summed E-state index contributed by atoms with van der Waals surface area (Å²) in [7, 11) is 1.62. The second-order valence-electron chi connectivity index (χ2n) is 6.68. The van der Waals surface area contributed by atoms with E-state index in [2.05, 4.69) is 27.6 Å². The van der Waals surface area contributed by atoms with E-state index < -0.39 is 0 Å². The number of carbonyl (C=O) groups is 1. The van der Waals surface area contributed by atoms with Crippen LogP contribution in [0.3, 0.4) is 0 Å². The first-order valence-corrected chi connectivity index (χ1v) is 10.2. The molecule has 2 aromatic carbocycles. The molecule has 6 nitrogen and oxygen atoms in total. The molecule has 7 heteroatoms. The summed E-state index contributed by atoms with van der Waals surface area (Å²) in [5.74, 6) is 1.92. The third kappa shape index (κ3) is 4.54. The molecule has 1 aliphatic carbocycles. The topological polar surface area (TPSA) is 77.2 Å². The van der Waals surface area contributed by atoms with Gasteiger partial charge >= 0.3 is 0 Å². The fourth-order valence-electron chi connectivity index (χ4n) is 3.02. The summed E-state index contributed by atoms with van der Waals surface area (Å²) in [6, 6.07) is 17.6. The van der Waals surface area contributed by atoms with E-state index in [-0.39, 0.29) is 17.7 Å². The first-order valence-electron chi connectivity index (χ1n) is 9.18. The predicted molar refractivity (Wildman–Crippen MR) is 107 cm³/mol. The van der Waals surface area contributed by atoms with Gasteiger partial charge in [-0.15, -0.1) is 10.2 Å². The van der Waals surface area contributed by atoms with E-state index in [1.807, 2.05) is 42.5 Å². The fraction of sp³-hybridized carbons (Fsp3) is 0.286. The molecular formula is C21H21N3O3S. The number of thioether (sulfide) groups is 1. The van der Waals surface area contributed by atoms with Crippen LogP contribution in [-0.4, -0.2) is 29.0 Å². The van der Waals surface area contributed by atoms with E-state index in [0.717, 1.165) is 29.7 Å². The van der Waals surface area contributed by atoms with Gasteiger partial charge in [0.15, 0.2) is 0 Å². The van der Waals surface area contributed by atoms with Gasteiger partial charge < -0.3 is 14.5 Å². The minimum absolute atomic E-state index is 0.0325. The largest absolute Gasteiger partial charge is 0.497 e. The maximum Gasteiger partial charge on any atom is 0.277 e. The van der Waals surface area contributed by atoms with Crippen molar-refractivity contribution >= 4 is 17.7 Å². The number of benzene rings is 2. The van der Waals surface area contributed by atoms with Crippen LogP contribution in [0.25, 0.3) is 11.5 Å². The van der Waals surface area contributed by atoms with E-state index in [1.54, 1.807) is 7.11 Å². The molecule has 0 aliphatic heterocycles. The maximum atomic E-state index is 12.4. The number of amides is 1. The molecule has 0 saturated heterocycles. The van der Waals surface area contributed by atoms with Gasteiger partial charge in [0.05, 0.1) is 18.9 Å². The zero-order chi connectivity index (χ0) is 19.3. The number of nitrogens with one attached hydrogen (secondary N) is 1. The minimum Gasteiger partial charge on any atom is -0.497 e. The van der Waals surface area contributed by atoms with Crippen LogP contribution in [0, 0.1) is 5.92 Å². The van der Waals surface area contributed by atoms with Gasteiger partial charge in [0, 0.05) is 5.56 Å². The van der Waals surface area contributed by atoms with Gasteiger partial charge in [0.25, 0.3) is 5.22 Å². The minimum atomic E-state index is -0.0325. The SMILES string of the molecule is COc1ccc(-c2nnc(SCC(=O)NC(c3ccccc3)C3CC3)o2)cc1. The van der Waals surface area contributed by atoms with Gasteiger partial charge in [0.2, 0.25) is 11.8 Å². The van der Waals surface area contributed by atoms with Gasteiger partial charge in [-0.25, -0.2) is 0 Å². The zero-order valence-electron chi connectivity index (χ0n) is 15.5. The standard InChI is InChI=1S/C21H21N3O3S/c1-26-17-11-9-16(10-12-17)20-23-24-21(27-20)28-13-18(25)22-19(15-7-8-15)14-5-3-2-4-6-14/h2-6,9-12,15,19H,7-8,13H2,1H3,(H,22,25). The quantitative estimate of drug-likeness (QED) is 0.579. The second kappa shape index (κ2) is 8.48. The predicted octanol–water partition coefficient (Wildman–Crippen LogP) is 4.10. The molecule has 1 atom stereocenters. The summed E-state index contributed by atoms with van der Waals surface area (Å²) in [4.78, 5) is 12.4. The lowest BCUT2D eigenvalue weighted by atomic mass is 10.0. The van der Waals surface area contributed by atoms with Crippen molar-refractivity contribution in [2.45, 2.75) is 24.1 Å². The number of aromatic nitrogens is 2. The first kappa shape index (κ1) is 18.6. The summed E-state index contributed by atoms with van der Waals surface area (Å²) in [6.45, 7) is 0. The number of hydrogen-bond donors (Lipinski definition) is 1. The molecule has 0 spiro atoms. The van der Waals surface area contributed by atoms with Crippen LogP contribution in [0.2, 0.25) is 0 Å². The van der Waals surface area contributed by atoms with Crippen molar-refractivity contribution in [2.24, 2.45) is 5.92 Å². The van der Waals surface area contributed by atoms with Gasteiger partial charge in [-0.05, 0) is 48.6 Å². The van der Waals surface area contributed by atoms with Gasteiger partial charge in [0.1, 0.15) is 5.75 Å². The van der Waals surface area contributed by atoms with Crippen molar-refractivity contribution in [1.29, 1.82) is 0 Å². The van der Waals surface area contributed by atoms with Crippen LogP contribution in [0.5, 0.6) is 5.75 Å². The lowest BCUT2D eigenvalue weighted by molar-refractivity contribution is -0.119. The molecule has 3 aromatic rings. The first-order chi connectivity index (χ1) is 13.7. The van der Waals surface area contributed by atoms with Gasteiger partial charge in [-0.2, -0.15) is 0 Å². The number of methoxy groups -OCH3 is 1. The highest BCUT2D eigenvalue weighted by atomic mass is 32.2. The average Bonchev–Trinajstić information content (AvgIpc) is 3.48. The molecule has 0 radical (unpaired) electrons. The Kier molecular flexibility index (Phi) is 5.62. The number of rotatable bonds is 8. The smallest absolute Gasteiger partial charge is 0.277 e. The van der Waals surface area contributed by atoms with Gasteiger partial charge in [-0.3, -0.25) is 4.79 Å². The number of nitrogens with zero attached hydrogens (tertiary/aromatic N) is 2. The summed E-state index contributed by atoms with van der Waals surface area (Å²) in [6.07, 6.45) is 2.31. The molecule has 1 amide bonds. The highest BCUT2D eigenvalue weighted by Crippen LogP contribution is 2.41. The molecule has 144 valence electrons. The molecule has 4 rings (SSSR count). The van der Waals surface area contributed by atoms with Crippen LogP contribution in [0.15, 0.2) is 64.2 Å². The molecule has 1 N–H and O–H groups in total. The van der Waals surface area contributed by atoms with E-state index in [4.69, 9.17) is 9.15 Å². The molecule has 0 bridgehead atoms. The van der Waals surface area contributed by atoms with Crippen molar-refractivity contribution in [3.05, 3.63) is 60.2 Å². The zero-order valence-corrected chi connectivity index (χ0v) is 16.3. The molecule has 1 aromatic heterocycles. The fourth-order valence-corrected chi connectivity index (χ4v) is 3.60. The maximum absolute atomic E-state index is 12.4. The highest BCUT2D eigenvalue weighted by molar-refractivity contribution is 7.99. The molecule has 1 fully saturated rings. The number of ether oxygens (including phenoxy) is 1. The van der Waals surface area contributed by atoms with Crippen molar-refractivity contribution in [3.8, 4) is 17.2 Å². The average molecular weight is 395 g/mol. The van der Waals surface area contributed by atoms with Crippen LogP contribution >= 0.6 is 11.8 Å². The number of carbonyl (C=O) groups excluding carboxylic acids is 1. The monoisotopic (exact) mass is 395 g/mol. The van der Waals surface area contributed by atoms with E-state index >= 15 is 0 Å². The third-order valence-electron chi connectivity index (χ3n) is 4.64. The summed E-state index contributed by atoms with van der Waals surface area (Å²) in [5, 5.41) is 11.6. The lowest BCUT2D eigenvalue weighted by Gasteiger charge is -2.18. The summed E-state index contributed by atoms with van der Waals surface area (Å²) < 4.78 is 10.8. The summed E-state index contributed by atoms with van der Waals surface area (Å²) in [5.41, 5.74) is 1.96. The Labute approximate surface area is 167 Å². The molecular weight excluding hydrogens is 374 g/mol. The Balaban J connectivity index is 1.34. The Morgan fingerprint density at radius 1 is 1.18 bits per heavy atom. The van der Waals surface area contributed by atoms with Gasteiger partial charge in [-0.1, -0.05) is 42.1 Å². The van der Waals surface area contributed by atoms with E-state index in [1.165, 1.54) is 11.8 Å². The van der Waals surface area contributed by atoms with E-state index in [0.29, 0.717) is 17.0 Å². The number of hydrogen-bond acceptors (Lipinski definition) is 6. The Morgan fingerprint density at radius 3 is 2.61 bits per heavy atom. The van der Waals surface area contributed by atoms with Crippen LogP contribution in [0.1, 0.15) is 24.4 Å². The Morgan fingerprint density at radius 2 is 1.93 bits per heavy atom. The Bertz CT molecular complexity index is 924. The molecule has 1 saturated carbocycles. The van der Waals surface area contributed by atoms with Crippen LogP contribution < -0.4 is 10.1 Å². The lowest BCUT2D eigenvalue weighted by Crippen LogP contribution is -2.31. The second-order valence-corrected chi connectivity index (χ2v) is 7.61.